The maximum Gasteiger partial charge on any atom is 0.251 e. The highest BCUT2D eigenvalue weighted by Gasteiger charge is 2.55. The molecule has 3 N–H and O–H groups in total. The minimum Gasteiger partial charge on any atom is -0.497 e. The van der Waals surface area contributed by atoms with Gasteiger partial charge in [0, 0.05) is 38.3 Å². The fraction of sp³-hybridized carbons (Fsp3) is 0.559. The van der Waals surface area contributed by atoms with E-state index in [-0.39, 0.29) is 23.6 Å². The number of piperazine rings is 1. The van der Waals surface area contributed by atoms with Gasteiger partial charge in [0.15, 0.2) is 0 Å². The van der Waals surface area contributed by atoms with E-state index in [0.29, 0.717) is 51.1 Å². The zero-order valence-electron chi connectivity index (χ0n) is 25.5. The van der Waals surface area contributed by atoms with Gasteiger partial charge in [0.05, 0.1) is 13.2 Å². The van der Waals surface area contributed by atoms with Crippen LogP contribution in [0.5, 0.6) is 5.75 Å². The number of likely N-dealkylation sites (tertiary alicyclic amines) is 1. The standard InChI is InChI=1S/C34H46N4O5/c1-3-19-38-32(41)29(30(39)26-7-5-4-6-8-26)36-33(42)34(38)17-20-37(21-18-34)23-25-9-13-27(14-10-25)31(40)35-22-24-11-15-28(43-2)16-12-24/h9-16,26,29-30,39H,3-8,17-23H2,1-2H3,(H,35,40)(H,36,42)/t29-,30-/m1/s1. The maximum absolute atomic E-state index is 13.7. The van der Waals surface area contributed by atoms with Crippen molar-refractivity contribution in [3.63, 3.8) is 0 Å². The van der Waals surface area contributed by atoms with Crippen LogP contribution in [0.15, 0.2) is 48.5 Å². The van der Waals surface area contributed by atoms with Gasteiger partial charge in [-0.15, -0.1) is 0 Å². The van der Waals surface area contributed by atoms with Crippen molar-refractivity contribution in [2.45, 2.75) is 89.1 Å². The summed E-state index contributed by atoms with van der Waals surface area (Å²) in [5, 5.41) is 17.1. The van der Waals surface area contributed by atoms with Gasteiger partial charge in [-0.05, 0) is 73.4 Å². The van der Waals surface area contributed by atoms with Crippen molar-refractivity contribution in [3.8, 4) is 5.75 Å². The Morgan fingerprint density at radius 1 is 1.02 bits per heavy atom. The van der Waals surface area contributed by atoms with Crippen molar-refractivity contribution in [2.75, 3.05) is 26.7 Å². The molecular weight excluding hydrogens is 544 g/mol. The largest absolute Gasteiger partial charge is 0.497 e. The average Bonchev–Trinajstić information content (AvgIpc) is 3.05. The highest BCUT2D eigenvalue weighted by Crippen LogP contribution is 2.36. The number of amides is 3. The Kier molecular flexibility index (Phi) is 10.0. The molecule has 1 saturated carbocycles. The van der Waals surface area contributed by atoms with Gasteiger partial charge >= 0.3 is 0 Å². The first-order chi connectivity index (χ1) is 20.8. The van der Waals surface area contributed by atoms with Crippen LogP contribution < -0.4 is 15.4 Å². The number of piperidine rings is 1. The van der Waals surface area contributed by atoms with Crippen molar-refractivity contribution in [2.24, 2.45) is 5.92 Å². The van der Waals surface area contributed by atoms with Crippen molar-refractivity contribution in [3.05, 3.63) is 65.2 Å². The molecule has 232 valence electrons. The van der Waals surface area contributed by atoms with Crippen molar-refractivity contribution < 1.29 is 24.2 Å². The smallest absolute Gasteiger partial charge is 0.251 e. The molecule has 9 heteroatoms. The molecule has 9 nitrogen and oxygen atoms in total. The summed E-state index contributed by atoms with van der Waals surface area (Å²) in [4.78, 5) is 44.2. The molecule has 2 atom stereocenters. The van der Waals surface area contributed by atoms with E-state index < -0.39 is 17.7 Å². The Balaban J connectivity index is 1.16. The normalized spacial score (nSPS) is 21.8. The van der Waals surface area contributed by atoms with Gasteiger partial charge in [-0.25, -0.2) is 0 Å². The Hall–Kier alpha value is -3.43. The number of hydrogen-bond acceptors (Lipinski definition) is 6. The number of aliphatic hydroxyl groups excluding tert-OH is 1. The molecule has 3 aliphatic rings. The average molecular weight is 591 g/mol. The quantitative estimate of drug-likeness (QED) is 0.390. The summed E-state index contributed by atoms with van der Waals surface area (Å²) in [6.45, 7) is 5.05. The van der Waals surface area contributed by atoms with Crippen molar-refractivity contribution in [1.82, 2.24) is 20.4 Å². The third-order valence-corrected chi connectivity index (χ3v) is 9.60. The van der Waals surface area contributed by atoms with Gasteiger partial charge in [0.25, 0.3) is 5.91 Å². The van der Waals surface area contributed by atoms with Crippen LogP contribution in [-0.4, -0.2) is 77.1 Å². The molecule has 43 heavy (non-hydrogen) atoms. The van der Waals surface area contributed by atoms with E-state index >= 15 is 0 Å². The summed E-state index contributed by atoms with van der Waals surface area (Å²) in [6.07, 6.45) is 6.16. The second kappa shape index (κ2) is 13.9. The summed E-state index contributed by atoms with van der Waals surface area (Å²) in [7, 11) is 1.63. The predicted octanol–water partition coefficient (Wildman–Crippen LogP) is 3.64. The molecule has 2 aromatic carbocycles. The topological polar surface area (TPSA) is 111 Å². The van der Waals surface area contributed by atoms with E-state index in [9.17, 15) is 19.5 Å². The number of nitrogens with one attached hydrogen (secondary N) is 2. The molecule has 0 unspecified atom stereocenters. The number of nitrogens with zero attached hydrogens (tertiary/aromatic N) is 2. The molecule has 3 amide bonds. The fourth-order valence-electron chi connectivity index (χ4n) is 6.99. The van der Waals surface area contributed by atoms with Gasteiger partial charge in [-0.3, -0.25) is 19.3 Å². The third kappa shape index (κ3) is 6.88. The summed E-state index contributed by atoms with van der Waals surface area (Å²) in [6, 6.07) is 14.4. The summed E-state index contributed by atoms with van der Waals surface area (Å²) >= 11 is 0. The molecule has 2 saturated heterocycles. The molecule has 2 heterocycles. The number of ether oxygens (including phenoxy) is 1. The molecule has 1 aliphatic carbocycles. The number of carbonyl (C=O) groups is 3. The lowest BCUT2D eigenvalue weighted by molar-refractivity contribution is -0.165. The lowest BCUT2D eigenvalue weighted by Crippen LogP contribution is -2.75. The molecule has 2 aromatic rings. The van der Waals surface area contributed by atoms with E-state index in [1.54, 1.807) is 12.0 Å². The van der Waals surface area contributed by atoms with Crippen LogP contribution in [-0.2, 0) is 22.7 Å². The number of carbonyl (C=O) groups excluding carboxylic acids is 3. The molecule has 3 fully saturated rings. The van der Waals surface area contributed by atoms with Crippen LogP contribution >= 0.6 is 0 Å². The maximum atomic E-state index is 13.7. The highest BCUT2D eigenvalue weighted by atomic mass is 16.5. The predicted molar refractivity (Wildman–Crippen MR) is 164 cm³/mol. The molecule has 5 rings (SSSR count). The van der Waals surface area contributed by atoms with E-state index in [2.05, 4.69) is 15.5 Å². The van der Waals surface area contributed by atoms with Gasteiger partial charge in [0.2, 0.25) is 11.8 Å². The van der Waals surface area contributed by atoms with Crippen molar-refractivity contribution in [1.29, 1.82) is 0 Å². The Morgan fingerprint density at radius 3 is 2.30 bits per heavy atom. The first-order valence-electron chi connectivity index (χ1n) is 15.9. The number of aliphatic hydroxyl groups is 1. The van der Waals surface area contributed by atoms with E-state index in [1.807, 2.05) is 55.5 Å². The Morgan fingerprint density at radius 2 is 1.67 bits per heavy atom. The summed E-state index contributed by atoms with van der Waals surface area (Å²) < 4.78 is 5.18. The number of methoxy groups -OCH3 is 1. The molecule has 0 aromatic heterocycles. The second-order valence-electron chi connectivity index (χ2n) is 12.4. The van der Waals surface area contributed by atoms with Crippen LogP contribution in [0, 0.1) is 5.92 Å². The van der Waals surface area contributed by atoms with Crippen molar-refractivity contribution >= 4 is 17.7 Å². The molecule has 2 aliphatic heterocycles. The number of rotatable bonds is 10. The molecule has 1 spiro atoms. The third-order valence-electron chi connectivity index (χ3n) is 9.60. The summed E-state index contributed by atoms with van der Waals surface area (Å²) in [5.41, 5.74) is 1.83. The Labute approximate surface area is 255 Å². The Bertz CT molecular complexity index is 1250. The van der Waals surface area contributed by atoms with Gasteiger partial charge in [-0.2, -0.15) is 0 Å². The minimum absolute atomic E-state index is 0.0633. The van der Waals surface area contributed by atoms with Gasteiger partial charge in [-0.1, -0.05) is 50.5 Å². The highest BCUT2D eigenvalue weighted by molar-refractivity contribution is 6.00. The zero-order valence-corrected chi connectivity index (χ0v) is 25.5. The fourth-order valence-corrected chi connectivity index (χ4v) is 6.99. The van der Waals surface area contributed by atoms with Gasteiger partial charge in [0.1, 0.15) is 17.3 Å². The molecular formula is C34H46N4O5. The summed E-state index contributed by atoms with van der Waals surface area (Å²) in [5.74, 6) is 0.465. The van der Waals surface area contributed by atoms with Gasteiger partial charge < -0.3 is 25.4 Å². The SMILES string of the molecule is CCCN1C(=O)[C@@H]([C@H](O)C2CCCCC2)NC(=O)C12CCN(Cc1ccc(C(=O)NCc3ccc(OC)cc3)cc1)CC2. The van der Waals surface area contributed by atoms with E-state index in [1.165, 1.54) is 6.42 Å². The van der Waals surface area contributed by atoms with Crippen LogP contribution in [0.4, 0.5) is 0 Å². The number of benzene rings is 2. The monoisotopic (exact) mass is 590 g/mol. The van der Waals surface area contributed by atoms with Crippen LogP contribution in [0.25, 0.3) is 0 Å². The van der Waals surface area contributed by atoms with E-state index in [0.717, 1.165) is 49.0 Å². The second-order valence-corrected chi connectivity index (χ2v) is 12.4. The molecule has 0 bridgehead atoms. The lowest BCUT2D eigenvalue weighted by atomic mass is 9.78. The van der Waals surface area contributed by atoms with Crippen LogP contribution in [0.1, 0.15) is 79.8 Å². The molecule has 0 radical (unpaired) electrons. The van der Waals surface area contributed by atoms with Crippen LogP contribution in [0.3, 0.4) is 0 Å². The first-order valence-corrected chi connectivity index (χ1v) is 15.9. The minimum atomic E-state index is -0.863. The number of hydrogen-bond donors (Lipinski definition) is 3. The zero-order chi connectivity index (χ0) is 30.4. The lowest BCUT2D eigenvalue weighted by Gasteiger charge is -2.52. The van der Waals surface area contributed by atoms with Crippen LogP contribution in [0.2, 0.25) is 0 Å². The van der Waals surface area contributed by atoms with E-state index in [4.69, 9.17) is 4.74 Å². The first kappa shape index (κ1) is 31.0.